The summed E-state index contributed by atoms with van der Waals surface area (Å²) in [5, 5.41) is 12.5. The molecule has 1 aliphatic carbocycles. The van der Waals surface area contributed by atoms with Crippen molar-refractivity contribution in [1.82, 2.24) is 4.90 Å². The van der Waals surface area contributed by atoms with Crippen LogP contribution in [0.15, 0.2) is 91.5 Å². The summed E-state index contributed by atoms with van der Waals surface area (Å²) in [6.45, 7) is 7.86. The Balaban J connectivity index is 1.40. The molecule has 0 aromatic heterocycles. The van der Waals surface area contributed by atoms with E-state index in [9.17, 15) is 9.90 Å². The Morgan fingerprint density at radius 3 is 2.45 bits per heavy atom. The van der Waals surface area contributed by atoms with Crippen LogP contribution in [0, 0.1) is 5.92 Å². The van der Waals surface area contributed by atoms with Gasteiger partial charge in [0.05, 0.1) is 18.8 Å². The third-order valence-corrected chi connectivity index (χ3v) is 8.20. The lowest BCUT2D eigenvalue weighted by Gasteiger charge is -2.43. The maximum Gasteiger partial charge on any atom is 0.255 e. The molecule has 40 heavy (non-hydrogen) atoms. The number of carbonyl (C=O) groups excluding carboxylic acids is 1. The van der Waals surface area contributed by atoms with Gasteiger partial charge in [-0.05, 0) is 48.2 Å². The van der Waals surface area contributed by atoms with E-state index in [2.05, 4.69) is 23.7 Å². The SMILES string of the molecule is C=CCN(C[C@@H]1O[C@H](c2cccc(NC(=O)c3ccccc3)c2)O[C@H](c2ccc(CO)cc2)[C@@H]1C)C1CCCC1. The van der Waals surface area contributed by atoms with E-state index < -0.39 is 6.29 Å². The molecular weight excluding hydrogens is 500 g/mol. The zero-order valence-electron chi connectivity index (χ0n) is 23.2. The lowest BCUT2D eigenvalue weighted by molar-refractivity contribution is -0.276. The number of hydrogen-bond acceptors (Lipinski definition) is 5. The van der Waals surface area contributed by atoms with Gasteiger partial charge in [-0.2, -0.15) is 0 Å². The Labute approximate surface area is 237 Å². The zero-order chi connectivity index (χ0) is 27.9. The Morgan fingerprint density at radius 1 is 1.00 bits per heavy atom. The van der Waals surface area contributed by atoms with Gasteiger partial charge in [0.1, 0.15) is 0 Å². The number of carbonyl (C=O) groups is 1. The van der Waals surface area contributed by atoms with Crippen molar-refractivity contribution in [3.05, 3.63) is 114 Å². The largest absolute Gasteiger partial charge is 0.392 e. The van der Waals surface area contributed by atoms with E-state index in [1.807, 2.05) is 72.8 Å². The van der Waals surface area contributed by atoms with Gasteiger partial charge in [-0.3, -0.25) is 9.69 Å². The standard InChI is InChI=1S/C34H40N2O4/c1-3-20-36(30-14-7-8-15-30)22-31-24(2)32(26-18-16-25(23-37)17-19-26)40-34(39-31)28-12-9-13-29(21-28)35-33(38)27-10-5-4-6-11-27/h3-6,9-13,16-19,21,24,30-32,34,37H,1,7-8,14-15,20,22-23H2,2H3,(H,35,38)/t24-,31+,32+,34+/m1/s1. The number of aliphatic hydroxyl groups excluding tert-OH is 1. The first-order valence-electron chi connectivity index (χ1n) is 14.4. The molecule has 1 aliphatic heterocycles. The van der Waals surface area contributed by atoms with E-state index in [0.717, 1.165) is 29.8 Å². The topological polar surface area (TPSA) is 71.0 Å². The van der Waals surface area contributed by atoms with E-state index in [1.54, 1.807) is 12.1 Å². The first-order valence-corrected chi connectivity index (χ1v) is 14.4. The normalized spacial score (nSPS) is 23.3. The maximum atomic E-state index is 12.8. The predicted molar refractivity (Wildman–Crippen MR) is 158 cm³/mol. The van der Waals surface area contributed by atoms with Crippen molar-refractivity contribution in [2.24, 2.45) is 5.92 Å². The van der Waals surface area contributed by atoms with Crippen molar-refractivity contribution in [1.29, 1.82) is 0 Å². The molecule has 2 fully saturated rings. The highest BCUT2D eigenvalue weighted by molar-refractivity contribution is 6.04. The molecule has 1 saturated heterocycles. The highest BCUT2D eigenvalue weighted by Crippen LogP contribution is 2.42. The lowest BCUT2D eigenvalue weighted by Crippen LogP contribution is -2.47. The summed E-state index contributed by atoms with van der Waals surface area (Å²) in [4.78, 5) is 15.3. The molecule has 5 rings (SSSR count). The second kappa shape index (κ2) is 13.4. The van der Waals surface area contributed by atoms with Gasteiger partial charge in [-0.25, -0.2) is 0 Å². The van der Waals surface area contributed by atoms with Crippen molar-refractivity contribution in [3.63, 3.8) is 0 Å². The van der Waals surface area contributed by atoms with Crippen molar-refractivity contribution >= 4 is 11.6 Å². The molecule has 1 amide bonds. The fourth-order valence-electron chi connectivity index (χ4n) is 5.92. The van der Waals surface area contributed by atoms with Crippen LogP contribution in [0.3, 0.4) is 0 Å². The van der Waals surface area contributed by atoms with Gasteiger partial charge in [0, 0.05) is 41.9 Å². The third-order valence-electron chi connectivity index (χ3n) is 8.20. The van der Waals surface area contributed by atoms with Crippen LogP contribution in [0.5, 0.6) is 0 Å². The monoisotopic (exact) mass is 540 g/mol. The molecule has 0 bridgehead atoms. The van der Waals surface area contributed by atoms with Crippen LogP contribution < -0.4 is 5.32 Å². The smallest absolute Gasteiger partial charge is 0.255 e. The molecule has 6 heteroatoms. The van der Waals surface area contributed by atoms with Gasteiger partial charge in [-0.15, -0.1) is 6.58 Å². The molecule has 0 radical (unpaired) electrons. The minimum absolute atomic E-state index is 0.00904. The van der Waals surface area contributed by atoms with Gasteiger partial charge in [0.15, 0.2) is 6.29 Å². The van der Waals surface area contributed by atoms with Gasteiger partial charge in [-0.1, -0.05) is 80.4 Å². The average molecular weight is 541 g/mol. The third kappa shape index (κ3) is 6.70. The molecule has 2 N–H and O–H groups in total. The van der Waals surface area contributed by atoms with E-state index in [0.29, 0.717) is 17.3 Å². The highest BCUT2D eigenvalue weighted by atomic mass is 16.7. The van der Waals surface area contributed by atoms with Crippen LogP contribution in [-0.2, 0) is 16.1 Å². The molecule has 0 unspecified atom stereocenters. The number of hydrogen-bond donors (Lipinski definition) is 2. The van der Waals surface area contributed by atoms with Crippen LogP contribution >= 0.6 is 0 Å². The Morgan fingerprint density at radius 2 is 1.75 bits per heavy atom. The number of amides is 1. The van der Waals surface area contributed by atoms with Gasteiger partial charge >= 0.3 is 0 Å². The van der Waals surface area contributed by atoms with E-state index in [4.69, 9.17) is 9.47 Å². The van der Waals surface area contributed by atoms with E-state index in [1.165, 1.54) is 25.7 Å². The van der Waals surface area contributed by atoms with Crippen LogP contribution in [0.4, 0.5) is 5.69 Å². The number of benzene rings is 3. The lowest BCUT2D eigenvalue weighted by atomic mass is 9.89. The van der Waals surface area contributed by atoms with Crippen molar-refractivity contribution < 1.29 is 19.4 Å². The Hall–Kier alpha value is -3.29. The summed E-state index contributed by atoms with van der Waals surface area (Å²) in [6, 6.07) is 25.4. The molecule has 1 heterocycles. The van der Waals surface area contributed by atoms with Crippen LogP contribution in [-0.4, -0.2) is 41.1 Å². The molecule has 2 aliphatic rings. The van der Waals surface area contributed by atoms with Crippen molar-refractivity contribution in [2.75, 3.05) is 18.4 Å². The second-order valence-electron chi connectivity index (χ2n) is 10.9. The number of nitrogens with one attached hydrogen (secondary N) is 1. The highest BCUT2D eigenvalue weighted by Gasteiger charge is 2.40. The Bertz CT molecular complexity index is 1260. The van der Waals surface area contributed by atoms with Gasteiger partial charge < -0.3 is 19.9 Å². The minimum Gasteiger partial charge on any atom is -0.392 e. The second-order valence-corrected chi connectivity index (χ2v) is 10.9. The quantitative estimate of drug-likeness (QED) is 0.282. The predicted octanol–water partition coefficient (Wildman–Crippen LogP) is 6.65. The molecule has 210 valence electrons. The van der Waals surface area contributed by atoms with Gasteiger partial charge in [0.25, 0.3) is 5.91 Å². The maximum absolute atomic E-state index is 12.8. The number of aliphatic hydroxyl groups is 1. The summed E-state index contributed by atoms with van der Waals surface area (Å²) in [7, 11) is 0. The fourth-order valence-corrected chi connectivity index (χ4v) is 5.92. The number of rotatable bonds is 10. The number of ether oxygens (including phenoxy) is 2. The van der Waals surface area contributed by atoms with E-state index >= 15 is 0 Å². The first kappa shape index (κ1) is 28.2. The minimum atomic E-state index is -0.591. The first-order chi connectivity index (χ1) is 19.6. The van der Waals surface area contributed by atoms with Gasteiger partial charge in [0.2, 0.25) is 0 Å². The van der Waals surface area contributed by atoms with Crippen LogP contribution in [0.25, 0.3) is 0 Å². The Kier molecular flexibility index (Phi) is 9.45. The van der Waals surface area contributed by atoms with Crippen molar-refractivity contribution in [3.8, 4) is 0 Å². The summed E-state index contributed by atoms with van der Waals surface area (Å²) in [5.74, 6) is -0.0564. The van der Waals surface area contributed by atoms with Crippen LogP contribution in [0.1, 0.15) is 72.0 Å². The van der Waals surface area contributed by atoms with E-state index in [-0.39, 0.29) is 30.6 Å². The summed E-state index contributed by atoms with van der Waals surface area (Å²) < 4.78 is 13.4. The average Bonchev–Trinajstić information content (AvgIpc) is 3.54. The summed E-state index contributed by atoms with van der Waals surface area (Å²) >= 11 is 0. The molecule has 3 aromatic carbocycles. The zero-order valence-corrected chi connectivity index (χ0v) is 23.2. The molecular formula is C34H40N2O4. The molecule has 1 saturated carbocycles. The molecule has 0 spiro atoms. The van der Waals surface area contributed by atoms with Crippen LogP contribution in [0.2, 0.25) is 0 Å². The molecule has 3 aromatic rings. The molecule has 6 nitrogen and oxygen atoms in total. The summed E-state index contributed by atoms with van der Waals surface area (Å²) in [6.07, 6.45) is 6.11. The van der Waals surface area contributed by atoms with Crippen molar-refractivity contribution in [2.45, 2.75) is 63.8 Å². The summed E-state index contributed by atoms with van der Waals surface area (Å²) in [5.41, 5.74) is 4.09. The number of anilines is 1. The number of nitrogens with zero attached hydrogens (tertiary/aromatic N) is 1. The molecule has 4 atom stereocenters. The fraction of sp³-hybridized carbons (Fsp3) is 0.382.